The lowest BCUT2D eigenvalue weighted by molar-refractivity contribution is -0.139. The van der Waals surface area contributed by atoms with Crippen LogP contribution in [0, 0.1) is 18.7 Å². The van der Waals surface area contributed by atoms with Crippen molar-refractivity contribution in [3.63, 3.8) is 0 Å². The van der Waals surface area contributed by atoms with Crippen LogP contribution in [0.15, 0.2) is 83.8 Å². The predicted molar refractivity (Wildman–Crippen MR) is 146 cm³/mol. The Morgan fingerprint density at radius 3 is 2.08 bits per heavy atom. The molecule has 7 nitrogen and oxygen atoms in total. The van der Waals surface area contributed by atoms with Crippen LogP contribution in [0.3, 0.4) is 0 Å². The highest BCUT2D eigenvalue weighted by Crippen LogP contribution is 2.25. The van der Waals surface area contributed by atoms with Crippen molar-refractivity contribution < 1.29 is 22.4 Å². The number of amides is 2. The van der Waals surface area contributed by atoms with E-state index in [1.54, 1.807) is 49.4 Å². The monoisotopic (exact) mass is 539 g/mol. The zero-order valence-corrected chi connectivity index (χ0v) is 22.9. The number of benzene rings is 3. The number of nitrogens with one attached hydrogen (secondary N) is 1. The molecule has 0 saturated carbocycles. The van der Waals surface area contributed by atoms with E-state index in [4.69, 9.17) is 0 Å². The third kappa shape index (κ3) is 7.41. The van der Waals surface area contributed by atoms with E-state index in [1.165, 1.54) is 41.3 Å². The Morgan fingerprint density at radius 2 is 1.50 bits per heavy atom. The first-order chi connectivity index (χ1) is 18.0. The number of carbonyl (C=O) groups is 2. The highest BCUT2D eigenvalue weighted by molar-refractivity contribution is 7.92. The molecule has 0 aliphatic heterocycles. The van der Waals surface area contributed by atoms with E-state index in [0.29, 0.717) is 17.8 Å². The van der Waals surface area contributed by atoms with Crippen LogP contribution in [0.2, 0.25) is 0 Å². The van der Waals surface area contributed by atoms with Crippen LogP contribution in [0.5, 0.6) is 0 Å². The molecule has 0 saturated heterocycles. The Kier molecular flexibility index (Phi) is 9.63. The largest absolute Gasteiger partial charge is 0.354 e. The van der Waals surface area contributed by atoms with Gasteiger partial charge in [-0.15, -0.1) is 0 Å². The summed E-state index contributed by atoms with van der Waals surface area (Å²) in [6, 6.07) is 19.4. The summed E-state index contributed by atoms with van der Waals surface area (Å²) in [7, 11) is -4.11. The van der Waals surface area contributed by atoms with Gasteiger partial charge in [-0.25, -0.2) is 12.8 Å². The van der Waals surface area contributed by atoms with Crippen LogP contribution in [-0.4, -0.2) is 44.3 Å². The van der Waals surface area contributed by atoms with Crippen molar-refractivity contribution >= 4 is 27.5 Å². The highest BCUT2D eigenvalue weighted by atomic mass is 32.2. The van der Waals surface area contributed by atoms with E-state index < -0.39 is 34.3 Å². The third-order valence-corrected chi connectivity index (χ3v) is 7.84. The second-order valence-electron chi connectivity index (χ2n) is 9.62. The predicted octanol–water partition coefficient (Wildman–Crippen LogP) is 4.52. The molecule has 0 aliphatic carbocycles. The number of rotatable bonds is 11. The number of carbonyl (C=O) groups excluding carboxylic acids is 2. The van der Waals surface area contributed by atoms with Crippen LogP contribution in [-0.2, 0) is 26.2 Å². The van der Waals surface area contributed by atoms with Crippen LogP contribution < -0.4 is 9.62 Å². The first-order valence-corrected chi connectivity index (χ1v) is 13.9. The molecule has 0 spiro atoms. The Bertz CT molecular complexity index is 1330. The summed E-state index contributed by atoms with van der Waals surface area (Å²) in [5, 5.41) is 2.83. The maximum atomic E-state index is 13.8. The van der Waals surface area contributed by atoms with Gasteiger partial charge in [0.05, 0.1) is 10.6 Å². The molecule has 1 N–H and O–H groups in total. The summed E-state index contributed by atoms with van der Waals surface area (Å²) in [4.78, 5) is 28.1. The van der Waals surface area contributed by atoms with Gasteiger partial charge in [0.2, 0.25) is 11.8 Å². The average molecular weight is 540 g/mol. The molecule has 1 atom stereocenters. The van der Waals surface area contributed by atoms with Gasteiger partial charge >= 0.3 is 0 Å². The summed E-state index contributed by atoms with van der Waals surface area (Å²) in [6.45, 7) is 7.30. The summed E-state index contributed by atoms with van der Waals surface area (Å²) in [5.74, 6) is -1.14. The molecule has 9 heteroatoms. The van der Waals surface area contributed by atoms with Crippen molar-refractivity contribution in [2.45, 2.75) is 45.2 Å². The fourth-order valence-electron chi connectivity index (χ4n) is 3.78. The van der Waals surface area contributed by atoms with Gasteiger partial charge in [0.15, 0.2) is 0 Å². The molecule has 0 fully saturated rings. The molecule has 202 valence electrons. The smallest absolute Gasteiger partial charge is 0.264 e. The zero-order valence-electron chi connectivity index (χ0n) is 22.1. The quantitative estimate of drug-likeness (QED) is 0.388. The number of anilines is 1. The second-order valence-corrected chi connectivity index (χ2v) is 11.5. The SMILES string of the molecule is Cc1ccc(N(CC(=O)N(Cc2ccc(F)cc2)[C@H](C)C(=O)NCC(C)C)S(=O)(=O)c2ccccc2)cc1. The van der Waals surface area contributed by atoms with Gasteiger partial charge in [-0.1, -0.05) is 61.9 Å². The summed E-state index contributed by atoms with van der Waals surface area (Å²) < 4.78 is 41.9. The maximum Gasteiger partial charge on any atom is 0.264 e. The van der Waals surface area contributed by atoms with Crippen molar-refractivity contribution in [3.8, 4) is 0 Å². The van der Waals surface area contributed by atoms with Gasteiger partial charge in [-0.3, -0.25) is 13.9 Å². The topological polar surface area (TPSA) is 86.8 Å². The van der Waals surface area contributed by atoms with E-state index in [0.717, 1.165) is 9.87 Å². The lowest BCUT2D eigenvalue weighted by Gasteiger charge is -2.32. The molecule has 0 aromatic heterocycles. The molecule has 0 aliphatic rings. The minimum atomic E-state index is -4.11. The number of halogens is 1. The Morgan fingerprint density at radius 1 is 0.895 bits per heavy atom. The van der Waals surface area contributed by atoms with Gasteiger partial charge in [0, 0.05) is 13.1 Å². The van der Waals surface area contributed by atoms with E-state index in [2.05, 4.69) is 5.32 Å². The number of sulfonamides is 1. The van der Waals surface area contributed by atoms with Crippen LogP contribution in [0.1, 0.15) is 31.9 Å². The average Bonchev–Trinajstić information content (AvgIpc) is 2.90. The minimum absolute atomic E-state index is 0.00248. The lowest BCUT2D eigenvalue weighted by Crippen LogP contribution is -2.51. The molecule has 3 rings (SSSR count). The Balaban J connectivity index is 1.98. The molecule has 0 bridgehead atoms. The lowest BCUT2D eigenvalue weighted by atomic mass is 10.1. The molecular formula is C29H34FN3O4S. The van der Waals surface area contributed by atoms with Gasteiger partial charge in [0.1, 0.15) is 18.4 Å². The maximum absolute atomic E-state index is 13.8. The van der Waals surface area contributed by atoms with Crippen LogP contribution >= 0.6 is 0 Å². The molecule has 0 unspecified atom stereocenters. The summed E-state index contributed by atoms with van der Waals surface area (Å²) >= 11 is 0. The molecule has 3 aromatic carbocycles. The van der Waals surface area contributed by atoms with Crippen molar-refractivity contribution in [2.24, 2.45) is 5.92 Å². The number of hydrogen-bond acceptors (Lipinski definition) is 4. The first kappa shape index (κ1) is 28.8. The Hall–Kier alpha value is -3.72. The van der Waals surface area contributed by atoms with Crippen LogP contribution in [0.4, 0.5) is 10.1 Å². The second kappa shape index (κ2) is 12.7. The van der Waals surface area contributed by atoms with Gasteiger partial charge in [0.25, 0.3) is 10.0 Å². The van der Waals surface area contributed by atoms with Crippen molar-refractivity contribution in [2.75, 3.05) is 17.4 Å². The summed E-state index contributed by atoms with van der Waals surface area (Å²) in [6.07, 6.45) is 0. The third-order valence-electron chi connectivity index (χ3n) is 6.05. The van der Waals surface area contributed by atoms with Crippen LogP contribution in [0.25, 0.3) is 0 Å². The first-order valence-electron chi connectivity index (χ1n) is 12.4. The minimum Gasteiger partial charge on any atom is -0.354 e. The van der Waals surface area contributed by atoms with Gasteiger partial charge in [-0.05, 0) is 61.7 Å². The molecule has 0 heterocycles. The molecule has 2 amide bonds. The fraction of sp³-hybridized carbons (Fsp3) is 0.310. The number of aryl methyl sites for hydroxylation is 1. The van der Waals surface area contributed by atoms with E-state index in [1.807, 2.05) is 20.8 Å². The molecule has 0 radical (unpaired) electrons. The number of nitrogens with zero attached hydrogens (tertiary/aromatic N) is 2. The molecule has 38 heavy (non-hydrogen) atoms. The Labute approximate surface area is 224 Å². The van der Waals surface area contributed by atoms with E-state index in [-0.39, 0.29) is 23.3 Å². The fourth-order valence-corrected chi connectivity index (χ4v) is 5.22. The highest BCUT2D eigenvalue weighted by Gasteiger charge is 2.32. The van der Waals surface area contributed by atoms with E-state index in [9.17, 15) is 22.4 Å². The van der Waals surface area contributed by atoms with E-state index >= 15 is 0 Å². The molecular weight excluding hydrogens is 505 g/mol. The molecule has 3 aromatic rings. The zero-order chi connectivity index (χ0) is 27.9. The summed E-state index contributed by atoms with van der Waals surface area (Å²) in [5.41, 5.74) is 1.87. The van der Waals surface area contributed by atoms with Crippen molar-refractivity contribution in [3.05, 3.63) is 95.8 Å². The standard InChI is InChI=1S/C29H34FN3O4S/c1-21(2)18-31-29(35)23(4)32(19-24-12-14-25(30)15-13-24)28(34)20-33(26-16-10-22(3)11-17-26)38(36,37)27-8-6-5-7-9-27/h5-17,21,23H,18-20H2,1-4H3,(H,31,35)/t23-/m1/s1. The van der Waals surface area contributed by atoms with Crippen molar-refractivity contribution in [1.82, 2.24) is 10.2 Å². The normalized spacial score (nSPS) is 12.2. The van der Waals surface area contributed by atoms with Crippen molar-refractivity contribution in [1.29, 1.82) is 0 Å². The number of hydrogen-bond donors (Lipinski definition) is 1. The van der Waals surface area contributed by atoms with Gasteiger partial charge in [-0.2, -0.15) is 0 Å². The van der Waals surface area contributed by atoms with Gasteiger partial charge < -0.3 is 10.2 Å².